The van der Waals surface area contributed by atoms with Gasteiger partial charge in [-0.25, -0.2) is 4.79 Å². The van der Waals surface area contributed by atoms with Crippen molar-refractivity contribution in [3.8, 4) is 11.4 Å². The maximum Gasteiger partial charge on any atom is 0.338 e. The summed E-state index contributed by atoms with van der Waals surface area (Å²) in [6, 6.07) is 14.0. The Morgan fingerprint density at radius 1 is 1.09 bits per heavy atom. The van der Waals surface area contributed by atoms with E-state index < -0.39 is 0 Å². The number of carbonyl (C=O) groups is 2. The number of aromatic nitrogens is 4. The van der Waals surface area contributed by atoms with Gasteiger partial charge < -0.3 is 14.8 Å². The van der Waals surface area contributed by atoms with Crippen LogP contribution in [0, 0.1) is 0 Å². The molecule has 0 atom stereocenters. The molecule has 0 spiro atoms. The van der Waals surface area contributed by atoms with Crippen LogP contribution in [-0.4, -0.2) is 51.1 Å². The lowest BCUT2D eigenvalue weighted by Crippen LogP contribution is -2.15. The molecule has 0 saturated heterocycles. The van der Waals surface area contributed by atoms with Gasteiger partial charge in [-0.05, 0) is 60.2 Å². The zero-order valence-corrected chi connectivity index (χ0v) is 18.8. The number of carbonyl (C=O) groups excluding carboxylic acids is 2. The Morgan fingerprint density at radius 3 is 2.62 bits per heavy atom. The van der Waals surface area contributed by atoms with E-state index in [0.717, 1.165) is 12.8 Å². The molecule has 0 aliphatic carbocycles. The van der Waals surface area contributed by atoms with Crippen LogP contribution in [0.5, 0.6) is 5.75 Å². The Hall–Kier alpha value is -3.40. The number of thioether (sulfide) groups is 1. The molecule has 0 saturated carbocycles. The van der Waals surface area contributed by atoms with Crippen LogP contribution in [0.2, 0.25) is 0 Å². The number of hydrogen-bond acceptors (Lipinski definition) is 8. The third kappa shape index (κ3) is 6.30. The number of anilines is 1. The van der Waals surface area contributed by atoms with Crippen molar-refractivity contribution in [2.45, 2.75) is 31.8 Å². The second-order valence-electron chi connectivity index (χ2n) is 6.68. The maximum atomic E-state index is 12.4. The fourth-order valence-electron chi connectivity index (χ4n) is 2.74. The minimum atomic E-state index is -0.369. The highest BCUT2D eigenvalue weighted by molar-refractivity contribution is 7.99. The van der Waals surface area contributed by atoms with E-state index in [4.69, 9.17) is 9.47 Å². The molecule has 0 unspecified atom stereocenters. The number of para-hydroxylation sites is 2. The molecular formula is C22H25N5O4S. The SMILES string of the molecule is CCCCOC(=O)c1ccc(NC(=O)CSc2nnnn2-c2ccccc2OCC)cc1. The first-order valence-electron chi connectivity index (χ1n) is 10.3. The predicted octanol–water partition coefficient (Wildman–Crippen LogP) is 3.75. The van der Waals surface area contributed by atoms with Crippen LogP contribution >= 0.6 is 11.8 Å². The van der Waals surface area contributed by atoms with Gasteiger partial charge in [0.25, 0.3) is 0 Å². The van der Waals surface area contributed by atoms with Crippen molar-refractivity contribution in [3.05, 3.63) is 54.1 Å². The largest absolute Gasteiger partial charge is 0.492 e. The third-order valence-electron chi connectivity index (χ3n) is 4.30. The molecule has 0 bridgehead atoms. The lowest BCUT2D eigenvalue weighted by Gasteiger charge is -2.10. The van der Waals surface area contributed by atoms with Gasteiger partial charge in [0.2, 0.25) is 11.1 Å². The number of unbranched alkanes of at least 4 members (excludes halogenated alkanes) is 1. The summed E-state index contributed by atoms with van der Waals surface area (Å²) in [5.74, 6) is 0.173. The Labute approximate surface area is 190 Å². The highest BCUT2D eigenvalue weighted by atomic mass is 32.2. The fraction of sp³-hybridized carbons (Fsp3) is 0.318. The van der Waals surface area contributed by atoms with E-state index in [1.165, 1.54) is 11.8 Å². The molecule has 1 amide bonds. The average Bonchev–Trinajstić information content (AvgIpc) is 3.27. The Balaban J connectivity index is 1.56. The van der Waals surface area contributed by atoms with E-state index in [9.17, 15) is 9.59 Å². The van der Waals surface area contributed by atoms with Crippen LogP contribution in [0.15, 0.2) is 53.7 Å². The van der Waals surface area contributed by atoms with Crippen molar-refractivity contribution in [2.24, 2.45) is 0 Å². The van der Waals surface area contributed by atoms with Gasteiger partial charge in [0, 0.05) is 5.69 Å². The lowest BCUT2D eigenvalue weighted by molar-refractivity contribution is -0.113. The minimum absolute atomic E-state index is 0.109. The first-order chi connectivity index (χ1) is 15.6. The first-order valence-corrected chi connectivity index (χ1v) is 11.3. The summed E-state index contributed by atoms with van der Waals surface area (Å²) in [6.07, 6.45) is 1.79. The summed E-state index contributed by atoms with van der Waals surface area (Å²) < 4.78 is 12.4. The summed E-state index contributed by atoms with van der Waals surface area (Å²) in [5, 5.41) is 15.0. The van der Waals surface area contributed by atoms with Gasteiger partial charge in [-0.1, -0.05) is 37.2 Å². The van der Waals surface area contributed by atoms with Gasteiger partial charge in [-0.15, -0.1) is 5.10 Å². The van der Waals surface area contributed by atoms with Crippen molar-refractivity contribution in [2.75, 3.05) is 24.3 Å². The number of tetrazole rings is 1. The second kappa shape index (κ2) is 11.8. The third-order valence-corrected chi connectivity index (χ3v) is 5.22. The summed E-state index contributed by atoms with van der Waals surface area (Å²) in [6.45, 7) is 4.85. The quantitative estimate of drug-likeness (QED) is 0.265. The molecule has 1 heterocycles. The molecule has 0 aliphatic rings. The highest BCUT2D eigenvalue weighted by Gasteiger charge is 2.15. The highest BCUT2D eigenvalue weighted by Crippen LogP contribution is 2.26. The Bertz CT molecular complexity index is 1040. The number of nitrogens with one attached hydrogen (secondary N) is 1. The number of rotatable bonds is 11. The van der Waals surface area contributed by atoms with Gasteiger partial charge in [-0.3, -0.25) is 4.79 Å². The molecule has 168 valence electrons. The first kappa shape index (κ1) is 23.3. The normalized spacial score (nSPS) is 10.6. The summed E-state index contributed by atoms with van der Waals surface area (Å²) in [5.41, 5.74) is 1.73. The number of ether oxygens (including phenoxy) is 2. The number of hydrogen-bond donors (Lipinski definition) is 1. The Morgan fingerprint density at radius 2 is 1.88 bits per heavy atom. The summed E-state index contributed by atoms with van der Waals surface area (Å²) >= 11 is 1.21. The molecule has 3 aromatic rings. The van der Waals surface area contributed by atoms with E-state index in [2.05, 4.69) is 20.8 Å². The predicted molar refractivity (Wildman–Crippen MR) is 121 cm³/mol. The second-order valence-corrected chi connectivity index (χ2v) is 7.62. The molecule has 32 heavy (non-hydrogen) atoms. The van der Waals surface area contributed by atoms with Crippen LogP contribution in [0.4, 0.5) is 5.69 Å². The van der Waals surface area contributed by atoms with Crippen molar-refractivity contribution in [1.29, 1.82) is 0 Å². The van der Waals surface area contributed by atoms with Gasteiger partial charge >= 0.3 is 5.97 Å². The number of esters is 1. The van der Waals surface area contributed by atoms with Crippen molar-refractivity contribution in [3.63, 3.8) is 0 Å². The molecule has 1 N–H and O–H groups in total. The molecule has 1 aromatic heterocycles. The zero-order valence-electron chi connectivity index (χ0n) is 18.0. The number of benzene rings is 2. The molecule has 2 aromatic carbocycles. The van der Waals surface area contributed by atoms with Crippen LogP contribution in [0.3, 0.4) is 0 Å². The molecule has 9 nitrogen and oxygen atoms in total. The molecule has 0 aliphatic heterocycles. The molecular weight excluding hydrogens is 430 g/mol. The average molecular weight is 456 g/mol. The number of amides is 1. The van der Waals surface area contributed by atoms with E-state index in [-0.39, 0.29) is 17.6 Å². The van der Waals surface area contributed by atoms with E-state index in [1.807, 2.05) is 38.1 Å². The van der Waals surface area contributed by atoms with E-state index >= 15 is 0 Å². The number of nitrogens with zero attached hydrogens (tertiary/aromatic N) is 4. The molecule has 10 heteroatoms. The van der Waals surface area contributed by atoms with E-state index in [0.29, 0.717) is 41.1 Å². The van der Waals surface area contributed by atoms with Crippen LogP contribution in [-0.2, 0) is 9.53 Å². The fourth-order valence-corrected chi connectivity index (χ4v) is 3.42. The van der Waals surface area contributed by atoms with Crippen LogP contribution in [0.1, 0.15) is 37.0 Å². The monoisotopic (exact) mass is 455 g/mol. The van der Waals surface area contributed by atoms with Gasteiger partial charge in [0.05, 0.1) is 24.5 Å². The van der Waals surface area contributed by atoms with Gasteiger partial charge in [-0.2, -0.15) is 4.68 Å². The maximum absolute atomic E-state index is 12.4. The summed E-state index contributed by atoms with van der Waals surface area (Å²) in [4.78, 5) is 24.3. The van der Waals surface area contributed by atoms with E-state index in [1.54, 1.807) is 28.9 Å². The lowest BCUT2D eigenvalue weighted by atomic mass is 10.2. The van der Waals surface area contributed by atoms with Crippen LogP contribution < -0.4 is 10.1 Å². The van der Waals surface area contributed by atoms with Gasteiger partial charge in [0.1, 0.15) is 11.4 Å². The Kier molecular flexibility index (Phi) is 8.61. The molecule has 3 rings (SSSR count). The smallest absolute Gasteiger partial charge is 0.338 e. The minimum Gasteiger partial charge on any atom is -0.492 e. The van der Waals surface area contributed by atoms with Crippen molar-refractivity contribution < 1.29 is 19.1 Å². The van der Waals surface area contributed by atoms with Crippen molar-refractivity contribution >= 4 is 29.3 Å². The molecule has 0 fully saturated rings. The molecule has 0 radical (unpaired) electrons. The summed E-state index contributed by atoms with van der Waals surface area (Å²) in [7, 11) is 0. The zero-order chi connectivity index (χ0) is 22.8. The van der Waals surface area contributed by atoms with Gasteiger partial charge in [0.15, 0.2) is 0 Å². The topological polar surface area (TPSA) is 108 Å². The van der Waals surface area contributed by atoms with Crippen LogP contribution in [0.25, 0.3) is 5.69 Å². The van der Waals surface area contributed by atoms with Crippen molar-refractivity contribution in [1.82, 2.24) is 20.2 Å². The standard InChI is InChI=1S/C22H25N5O4S/c1-3-5-14-31-21(29)16-10-12-17(13-11-16)23-20(28)15-32-22-24-25-26-27(22)18-8-6-7-9-19(18)30-4-2/h6-13H,3-5,14-15H2,1-2H3,(H,23,28).